The van der Waals surface area contributed by atoms with Gasteiger partial charge in [-0.25, -0.2) is 9.69 Å². The smallest absolute Gasteiger partial charge is 0.335 e. The Bertz CT molecular complexity index is 1030. The number of nitrogens with one attached hydrogen (secondary N) is 1. The third-order valence-corrected chi connectivity index (χ3v) is 4.46. The Kier molecular flexibility index (Phi) is 5.62. The van der Waals surface area contributed by atoms with Crippen molar-refractivity contribution in [1.29, 1.82) is 0 Å². The van der Waals surface area contributed by atoms with Gasteiger partial charge in [0.25, 0.3) is 11.8 Å². The number of amides is 4. The molecule has 0 aliphatic carbocycles. The number of carbonyl (C=O) groups is 4. The molecule has 3 rings (SSSR count). The topological polar surface area (TPSA) is 92.8 Å². The Balaban J connectivity index is 2.06. The highest BCUT2D eigenvalue weighted by Gasteiger charge is 2.37. The van der Waals surface area contributed by atoms with Gasteiger partial charge in [-0.2, -0.15) is 0 Å². The van der Waals surface area contributed by atoms with Gasteiger partial charge in [-0.1, -0.05) is 27.5 Å². The summed E-state index contributed by atoms with van der Waals surface area (Å²) in [6.07, 6.45) is 1.26. The number of hydrogen-bond donors (Lipinski definition) is 1. The van der Waals surface area contributed by atoms with E-state index >= 15 is 0 Å². The predicted molar refractivity (Wildman–Crippen MR) is 106 cm³/mol. The van der Waals surface area contributed by atoms with Crippen molar-refractivity contribution < 1.29 is 23.9 Å². The maximum absolute atomic E-state index is 12.9. The predicted octanol–water partition coefficient (Wildman–Crippen LogP) is 3.69. The molecule has 0 spiro atoms. The number of carbonyl (C=O) groups excluding carboxylic acids is 4. The zero-order valence-electron chi connectivity index (χ0n) is 14.4. The Morgan fingerprint density at radius 1 is 1.14 bits per heavy atom. The van der Waals surface area contributed by atoms with Gasteiger partial charge in [-0.15, -0.1) is 0 Å². The zero-order chi connectivity index (χ0) is 20.4. The van der Waals surface area contributed by atoms with Crippen LogP contribution in [-0.2, 0) is 14.4 Å². The molecule has 1 fully saturated rings. The number of anilines is 1. The molecule has 1 N–H and O–H groups in total. The van der Waals surface area contributed by atoms with Crippen LogP contribution in [-0.4, -0.2) is 23.8 Å². The molecule has 1 saturated heterocycles. The summed E-state index contributed by atoms with van der Waals surface area (Å²) < 4.78 is 5.76. The molecule has 0 atom stereocenters. The first-order valence-electron chi connectivity index (χ1n) is 7.91. The Morgan fingerprint density at radius 3 is 2.46 bits per heavy atom. The summed E-state index contributed by atoms with van der Waals surface area (Å²) in [7, 11) is 0. The van der Waals surface area contributed by atoms with Crippen molar-refractivity contribution in [3.63, 3.8) is 0 Å². The lowest BCUT2D eigenvalue weighted by Crippen LogP contribution is -2.54. The monoisotopic (exact) mass is 462 g/mol. The van der Waals surface area contributed by atoms with Gasteiger partial charge in [0.15, 0.2) is 0 Å². The molecule has 4 amide bonds. The molecule has 1 aliphatic rings. The summed E-state index contributed by atoms with van der Waals surface area (Å²) >= 11 is 9.13. The summed E-state index contributed by atoms with van der Waals surface area (Å²) in [4.78, 5) is 49.5. The molecule has 0 saturated carbocycles. The highest BCUT2D eigenvalue weighted by Crippen LogP contribution is 2.28. The van der Waals surface area contributed by atoms with Gasteiger partial charge in [0.2, 0.25) is 0 Å². The Hall–Kier alpha value is -2.97. The van der Waals surface area contributed by atoms with E-state index in [1.807, 2.05) is 0 Å². The molecule has 9 heteroatoms. The van der Waals surface area contributed by atoms with Crippen molar-refractivity contribution >= 4 is 63.1 Å². The number of rotatable bonds is 3. The molecule has 0 radical (unpaired) electrons. The lowest BCUT2D eigenvalue weighted by molar-refractivity contribution is -0.132. The average molecular weight is 464 g/mol. The van der Waals surface area contributed by atoms with E-state index in [-0.39, 0.29) is 17.0 Å². The molecule has 1 aliphatic heterocycles. The summed E-state index contributed by atoms with van der Waals surface area (Å²) in [5.74, 6) is -2.06. The van der Waals surface area contributed by atoms with E-state index in [2.05, 4.69) is 21.2 Å². The van der Waals surface area contributed by atoms with E-state index in [0.29, 0.717) is 15.1 Å². The number of halogens is 2. The maximum atomic E-state index is 12.9. The quantitative estimate of drug-likeness (QED) is 0.324. The minimum atomic E-state index is -0.871. The lowest BCUT2D eigenvalue weighted by Gasteiger charge is -2.26. The minimum absolute atomic E-state index is 0.166. The van der Waals surface area contributed by atoms with Crippen LogP contribution in [0.3, 0.4) is 0 Å². The Morgan fingerprint density at radius 2 is 1.82 bits per heavy atom. The molecular formula is C19H12BrClN2O5. The molecule has 0 unspecified atom stereocenters. The highest BCUT2D eigenvalue weighted by molar-refractivity contribution is 9.10. The van der Waals surface area contributed by atoms with Crippen LogP contribution in [0, 0.1) is 0 Å². The SMILES string of the molecule is CC(=O)Oc1ccc(Br)cc1/C=C1/C(=O)NC(=O)N(c2ccc(Cl)cc2)C1=O. The number of hydrogen-bond acceptors (Lipinski definition) is 5. The molecule has 7 nitrogen and oxygen atoms in total. The van der Waals surface area contributed by atoms with Crippen LogP contribution in [0.25, 0.3) is 6.08 Å². The van der Waals surface area contributed by atoms with E-state index in [1.165, 1.54) is 43.3 Å². The number of benzene rings is 2. The van der Waals surface area contributed by atoms with Crippen LogP contribution in [0.4, 0.5) is 10.5 Å². The summed E-state index contributed by atoms with van der Waals surface area (Å²) in [6, 6.07) is 9.87. The number of nitrogens with zero attached hydrogens (tertiary/aromatic N) is 1. The maximum Gasteiger partial charge on any atom is 0.335 e. The molecule has 0 bridgehead atoms. The lowest BCUT2D eigenvalue weighted by atomic mass is 10.1. The van der Waals surface area contributed by atoms with Crippen LogP contribution in [0.15, 0.2) is 52.5 Å². The van der Waals surface area contributed by atoms with E-state index < -0.39 is 23.8 Å². The summed E-state index contributed by atoms with van der Waals surface area (Å²) in [5.41, 5.74) is 0.272. The molecule has 1 heterocycles. The number of barbiturate groups is 1. The summed E-state index contributed by atoms with van der Waals surface area (Å²) in [6.45, 7) is 1.23. The van der Waals surface area contributed by atoms with E-state index in [1.54, 1.807) is 12.1 Å². The third kappa shape index (κ3) is 4.13. The van der Waals surface area contributed by atoms with Crippen molar-refractivity contribution in [2.75, 3.05) is 4.90 Å². The van der Waals surface area contributed by atoms with Crippen LogP contribution in [0.1, 0.15) is 12.5 Å². The fraction of sp³-hybridized carbons (Fsp3) is 0.0526. The van der Waals surface area contributed by atoms with Crippen LogP contribution in [0.5, 0.6) is 5.75 Å². The fourth-order valence-corrected chi connectivity index (χ4v) is 3.02. The first-order valence-corrected chi connectivity index (χ1v) is 9.08. The average Bonchev–Trinajstić information content (AvgIpc) is 2.62. The Labute approximate surface area is 173 Å². The highest BCUT2D eigenvalue weighted by atomic mass is 79.9. The van der Waals surface area contributed by atoms with Gasteiger partial charge in [-0.3, -0.25) is 19.7 Å². The van der Waals surface area contributed by atoms with Crippen molar-refractivity contribution in [2.45, 2.75) is 6.92 Å². The first-order chi connectivity index (χ1) is 13.3. The van der Waals surface area contributed by atoms with Crippen molar-refractivity contribution in [3.05, 3.63) is 63.1 Å². The first kappa shape index (κ1) is 19.8. The number of ether oxygens (including phenoxy) is 1. The van der Waals surface area contributed by atoms with E-state index in [0.717, 1.165) is 4.90 Å². The van der Waals surface area contributed by atoms with Crippen LogP contribution in [0.2, 0.25) is 5.02 Å². The standard InChI is InChI=1S/C19H12BrClN2O5/c1-10(24)28-16-7-2-12(20)8-11(16)9-15-17(25)22-19(27)23(18(15)26)14-5-3-13(21)4-6-14/h2-9H,1H3,(H,22,25,27)/b15-9-. The number of urea groups is 1. The normalized spacial score (nSPS) is 15.6. The van der Waals surface area contributed by atoms with Crippen LogP contribution >= 0.6 is 27.5 Å². The molecular weight excluding hydrogens is 452 g/mol. The second-order valence-corrected chi connectivity index (χ2v) is 7.06. The molecule has 0 aromatic heterocycles. The summed E-state index contributed by atoms with van der Waals surface area (Å²) in [5, 5.41) is 2.56. The van der Waals surface area contributed by atoms with E-state index in [4.69, 9.17) is 16.3 Å². The number of imide groups is 2. The second kappa shape index (κ2) is 7.95. The van der Waals surface area contributed by atoms with Crippen LogP contribution < -0.4 is 15.0 Å². The van der Waals surface area contributed by atoms with Gasteiger partial charge in [0, 0.05) is 22.0 Å². The van der Waals surface area contributed by atoms with Crippen molar-refractivity contribution in [2.24, 2.45) is 0 Å². The van der Waals surface area contributed by atoms with Crippen molar-refractivity contribution in [3.8, 4) is 5.75 Å². The minimum Gasteiger partial charge on any atom is -0.426 e. The number of esters is 1. The third-order valence-electron chi connectivity index (χ3n) is 3.71. The van der Waals surface area contributed by atoms with Gasteiger partial charge in [-0.05, 0) is 48.5 Å². The van der Waals surface area contributed by atoms with Gasteiger partial charge >= 0.3 is 12.0 Å². The van der Waals surface area contributed by atoms with Gasteiger partial charge in [0.1, 0.15) is 11.3 Å². The molecule has 2 aromatic carbocycles. The fourth-order valence-electron chi connectivity index (χ4n) is 2.52. The van der Waals surface area contributed by atoms with Gasteiger partial charge < -0.3 is 4.74 Å². The molecule has 2 aromatic rings. The largest absolute Gasteiger partial charge is 0.426 e. The molecule has 142 valence electrons. The molecule has 28 heavy (non-hydrogen) atoms. The van der Waals surface area contributed by atoms with Gasteiger partial charge in [0.05, 0.1) is 5.69 Å². The van der Waals surface area contributed by atoms with E-state index in [9.17, 15) is 19.2 Å². The zero-order valence-corrected chi connectivity index (χ0v) is 16.7. The second-order valence-electron chi connectivity index (χ2n) is 5.71. The van der Waals surface area contributed by atoms with Crippen molar-refractivity contribution in [1.82, 2.24) is 5.32 Å².